The first-order chi connectivity index (χ1) is 25.5. The van der Waals surface area contributed by atoms with Gasteiger partial charge in [-0.25, -0.2) is 4.98 Å². The highest BCUT2D eigenvalue weighted by Crippen LogP contribution is 2.52. The van der Waals surface area contributed by atoms with Gasteiger partial charge in [-0.3, -0.25) is 0 Å². The number of fused-ring (bicyclic) bond motifs is 7. The third-order valence-electron chi connectivity index (χ3n) is 10.6. The fraction of sp³-hybridized carbons (Fsp3) is 0.0638. The normalized spacial score (nSPS) is 13.3. The summed E-state index contributed by atoms with van der Waals surface area (Å²) >= 11 is 0. The summed E-state index contributed by atoms with van der Waals surface area (Å²) in [4.78, 5) is 7.29. The second-order valence-corrected chi connectivity index (χ2v) is 14.0. The largest absolute Gasteiger partial charge is 0.434 e. The van der Waals surface area contributed by atoms with Crippen molar-refractivity contribution in [2.45, 2.75) is 19.3 Å². The second kappa shape index (κ2) is 11.3. The molecule has 0 aliphatic carbocycles. The van der Waals surface area contributed by atoms with E-state index in [1.165, 1.54) is 22.5 Å². The molecule has 1 aliphatic heterocycles. The molecular formula is C47H32N4O. The molecule has 2 aromatic heterocycles. The third kappa shape index (κ3) is 4.44. The fourth-order valence-corrected chi connectivity index (χ4v) is 8.06. The van der Waals surface area contributed by atoms with E-state index in [-0.39, 0.29) is 5.41 Å². The molecule has 0 saturated heterocycles. The zero-order valence-electron chi connectivity index (χ0n) is 28.7. The number of hydrogen-bond acceptors (Lipinski definition) is 4. The molecule has 7 aromatic carbocycles. The van der Waals surface area contributed by atoms with Gasteiger partial charge < -0.3 is 13.9 Å². The van der Waals surface area contributed by atoms with E-state index in [1.807, 2.05) is 54.6 Å². The van der Waals surface area contributed by atoms with E-state index in [2.05, 4.69) is 133 Å². The summed E-state index contributed by atoms with van der Waals surface area (Å²) in [6.07, 6.45) is 0. The summed E-state index contributed by atoms with van der Waals surface area (Å²) in [6.45, 7) is 4.66. The lowest BCUT2D eigenvalue weighted by molar-refractivity contribution is 0.621. The van der Waals surface area contributed by atoms with E-state index in [0.717, 1.165) is 61.0 Å². The molecule has 5 nitrogen and oxygen atoms in total. The second-order valence-electron chi connectivity index (χ2n) is 14.0. The Kier molecular flexibility index (Phi) is 6.52. The van der Waals surface area contributed by atoms with Crippen LogP contribution in [0.25, 0.3) is 61.2 Å². The van der Waals surface area contributed by atoms with Crippen molar-refractivity contribution in [1.82, 2.24) is 9.55 Å². The van der Waals surface area contributed by atoms with Gasteiger partial charge in [-0.05, 0) is 113 Å². The Hall–Kier alpha value is -6.90. The molecule has 0 atom stereocenters. The van der Waals surface area contributed by atoms with Crippen LogP contribution < -0.4 is 4.90 Å². The molecule has 0 spiro atoms. The Morgan fingerprint density at radius 1 is 0.596 bits per heavy atom. The molecule has 246 valence electrons. The third-order valence-corrected chi connectivity index (χ3v) is 10.6. The van der Waals surface area contributed by atoms with E-state index >= 15 is 0 Å². The zero-order chi connectivity index (χ0) is 35.0. The monoisotopic (exact) mass is 668 g/mol. The Labute approximate surface area is 301 Å². The van der Waals surface area contributed by atoms with Gasteiger partial charge in [0.05, 0.1) is 34.0 Å². The van der Waals surface area contributed by atoms with E-state index in [9.17, 15) is 5.26 Å². The summed E-state index contributed by atoms with van der Waals surface area (Å²) in [5, 5.41) is 11.7. The van der Waals surface area contributed by atoms with Crippen LogP contribution in [0.1, 0.15) is 30.5 Å². The molecule has 1 aliphatic rings. The van der Waals surface area contributed by atoms with Crippen molar-refractivity contribution in [2.75, 3.05) is 4.90 Å². The van der Waals surface area contributed by atoms with Crippen LogP contribution in [0, 0.1) is 11.3 Å². The first-order valence-corrected chi connectivity index (χ1v) is 17.5. The predicted octanol–water partition coefficient (Wildman–Crippen LogP) is 12.2. The van der Waals surface area contributed by atoms with Gasteiger partial charge in [0, 0.05) is 33.1 Å². The Morgan fingerprint density at radius 2 is 1.29 bits per heavy atom. The minimum atomic E-state index is -0.211. The summed E-state index contributed by atoms with van der Waals surface area (Å²) in [7, 11) is 0. The standard InChI is InChI=1S/C47H32N4O/c1-47(2)38-15-9-10-16-42(38)50(34-13-7-4-8-14-34)43-26-20-33(28-39(43)47)32-19-25-41-37(27-32)36-23-24-40-45(52-46(49-40)31-11-5-3-6-12-31)44(36)51(41)35-21-17-30(29-48)18-22-35/h3-28H,1-2H3. The molecule has 3 heterocycles. The Bertz CT molecular complexity index is 2880. The average Bonchev–Trinajstić information content (AvgIpc) is 3.78. The van der Waals surface area contributed by atoms with Crippen LogP contribution in [0.15, 0.2) is 162 Å². The number of hydrogen-bond donors (Lipinski definition) is 0. The van der Waals surface area contributed by atoms with Crippen LogP contribution in [-0.2, 0) is 5.41 Å². The number of oxazole rings is 1. The van der Waals surface area contributed by atoms with Crippen LogP contribution in [0.5, 0.6) is 0 Å². The van der Waals surface area contributed by atoms with Crippen LogP contribution >= 0.6 is 0 Å². The number of benzene rings is 7. The smallest absolute Gasteiger partial charge is 0.227 e. The van der Waals surface area contributed by atoms with Crippen molar-refractivity contribution >= 4 is 50.0 Å². The van der Waals surface area contributed by atoms with Gasteiger partial charge in [0.1, 0.15) is 5.52 Å². The molecule has 5 heteroatoms. The Morgan fingerprint density at radius 3 is 2.08 bits per heavy atom. The van der Waals surface area contributed by atoms with Crippen LogP contribution in [0.3, 0.4) is 0 Å². The van der Waals surface area contributed by atoms with Gasteiger partial charge in [-0.2, -0.15) is 5.26 Å². The summed E-state index contributed by atoms with van der Waals surface area (Å²) in [6, 6.07) is 57.2. The highest BCUT2D eigenvalue weighted by atomic mass is 16.3. The van der Waals surface area contributed by atoms with E-state index < -0.39 is 0 Å². The Balaban J connectivity index is 1.19. The maximum atomic E-state index is 9.54. The number of para-hydroxylation sites is 2. The molecule has 10 rings (SSSR count). The van der Waals surface area contributed by atoms with Crippen LogP contribution in [-0.4, -0.2) is 9.55 Å². The first kappa shape index (κ1) is 30.0. The number of nitriles is 1. The molecule has 0 radical (unpaired) electrons. The molecule has 0 amide bonds. The van der Waals surface area contributed by atoms with Gasteiger partial charge in [0.15, 0.2) is 5.58 Å². The van der Waals surface area contributed by atoms with Gasteiger partial charge in [-0.1, -0.05) is 80.6 Å². The highest BCUT2D eigenvalue weighted by Gasteiger charge is 2.37. The van der Waals surface area contributed by atoms with Gasteiger partial charge in [-0.15, -0.1) is 0 Å². The number of rotatable bonds is 4. The quantitative estimate of drug-likeness (QED) is 0.187. The molecule has 0 unspecified atom stereocenters. The molecule has 0 N–H and O–H groups in total. The zero-order valence-corrected chi connectivity index (χ0v) is 28.7. The first-order valence-electron chi connectivity index (χ1n) is 17.5. The minimum absolute atomic E-state index is 0.211. The van der Waals surface area contributed by atoms with Crippen molar-refractivity contribution in [3.8, 4) is 34.3 Å². The number of anilines is 3. The van der Waals surface area contributed by atoms with Gasteiger partial charge in [0.25, 0.3) is 0 Å². The van der Waals surface area contributed by atoms with E-state index in [4.69, 9.17) is 9.40 Å². The van der Waals surface area contributed by atoms with Crippen molar-refractivity contribution in [3.63, 3.8) is 0 Å². The topological polar surface area (TPSA) is 58.0 Å². The summed E-state index contributed by atoms with van der Waals surface area (Å²) < 4.78 is 8.83. The summed E-state index contributed by atoms with van der Waals surface area (Å²) in [5.74, 6) is 0.586. The highest BCUT2D eigenvalue weighted by molar-refractivity contribution is 6.17. The number of nitrogens with zero attached hydrogens (tertiary/aromatic N) is 4. The molecular weight excluding hydrogens is 637 g/mol. The fourth-order valence-electron chi connectivity index (χ4n) is 8.06. The SMILES string of the molecule is CC1(C)c2ccccc2N(c2ccccc2)c2ccc(-c3ccc4c(c3)c3ccc5nc(-c6ccccc6)oc5c3n4-c3ccc(C#N)cc3)cc21. The molecule has 0 fully saturated rings. The van der Waals surface area contributed by atoms with Crippen LogP contribution in [0.2, 0.25) is 0 Å². The molecule has 9 aromatic rings. The van der Waals surface area contributed by atoms with Crippen molar-refractivity contribution in [1.29, 1.82) is 5.26 Å². The lowest BCUT2D eigenvalue weighted by Crippen LogP contribution is -2.30. The average molecular weight is 669 g/mol. The lowest BCUT2D eigenvalue weighted by Gasteiger charge is -2.42. The van der Waals surface area contributed by atoms with E-state index in [1.54, 1.807) is 0 Å². The van der Waals surface area contributed by atoms with Crippen molar-refractivity contribution in [2.24, 2.45) is 0 Å². The maximum Gasteiger partial charge on any atom is 0.227 e. The van der Waals surface area contributed by atoms with Crippen LogP contribution in [0.4, 0.5) is 17.1 Å². The number of aromatic nitrogens is 2. The minimum Gasteiger partial charge on any atom is -0.434 e. The lowest BCUT2D eigenvalue weighted by atomic mass is 9.73. The maximum absolute atomic E-state index is 9.54. The van der Waals surface area contributed by atoms with Crippen molar-refractivity contribution < 1.29 is 4.42 Å². The summed E-state index contributed by atoms with van der Waals surface area (Å²) in [5.41, 5.74) is 14.2. The van der Waals surface area contributed by atoms with Crippen molar-refractivity contribution in [3.05, 3.63) is 174 Å². The van der Waals surface area contributed by atoms with E-state index in [0.29, 0.717) is 11.5 Å². The van der Waals surface area contributed by atoms with Gasteiger partial charge in [0.2, 0.25) is 5.89 Å². The molecule has 0 saturated carbocycles. The molecule has 52 heavy (non-hydrogen) atoms. The van der Waals surface area contributed by atoms with Gasteiger partial charge >= 0.3 is 0 Å². The molecule has 0 bridgehead atoms. The predicted molar refractivity (Wildman–Crippen MR) is 211 cm³/mol.